The van der Waals surface area contributed by atoms with E-state index in [0.717, 1.165) is 148 Å². The van der Waals surface area contributed by atoms with Crippen LogP contribution in [0.15, 0.2) is 337 Å². The number of nitro benzene ring substituents is 1. The summed E-state index contributed by atoms with van der Waals surface area (Å²) in [6.07, 6.45) is 0. The zero-order valence-corrected chi connectivity index (χ0v) is 90.3. The van der Waals surface area contributed by atoms with Gasteiger partial charge >= 0.3 is 0 Å². The monoisotopic (exact) mass is 2110 g/mol. The van der Waals surface area contributed by atoms with Crippen molar-refractivity contribution in [2.45, 2.75) is 162 Å². The van der Waals surface area contributed by atoms with Crippen molar-refractivity contribution >= 4 is 168 Å². The highest BCUT2D eigenvalue weighted by Crippen LogP contribution is 2.40. The van der Waals surface area contributed by atoms with E-state index < -0.39 is 4.92 Å². The summed E-state index contributed by atoms with van der Waals surface area (Å²) in [5.41, 5.74) is 25.4. The van der Waals surface area contributed by atoms with Gasteiger partial charge in [-0.2, -0.15) is 0 Å². The van der Waals surface area contributed by atoms with Crippen molar-refractivity contribution < 1.29 is 9.66 Å². The Bertz CT molecular complexity index is 6990. The lowest BCUT2D eigenvalue weighted by Crippen LogP contribution is -1.90. The second-order valence-corrected chi connectivity index (χ2v) is 40.4. The number of nitrogens with zero attached hydrogens (tertiary/aromatic N) is 17. The van der Waals surface area contributed by atoms with Crippen molar-refractivity contribution in [3.8, 4) is 5.75 Å². The maximum absolute atomic E-state index is 10.7. The summed E-state index contributed by atoms with van der Waals surface area (Å²) in [4.78, 5) is 73.4. The van der Waals surface area contributed by atoms with Crippen LogP contribution in [0.4, 0.5) is 51.2 Å². The second-order valence-electron chi connectivity index (χ2n) is 31.9. The van der Waals surface area contributed by atoms with Gasteiger partial charge in [-0.25, -0.2) is 38.8 Å². The lowest BCUT2D eigenvalue weighted by atomic mass is 10.2. The molecule has 146 heavy (non-hydrogen) atoms. The van der Waals surface area contributed by atoms with Crippen molar-refractivity contribution in [1.82, 2.24) is 39.9 Å². The summed E-state index contributed by atoms with van der Waals surface area (Å²) in [6.45, 7) is 78.7. The summed E-state index contributed by atoms with van der Waals surface area (Å²) in [5, 5.41) is 18.5. The van der Waals surface area contributed by atoms with Gasteiger partial charge in [0.1, 0.15) is 46.0 Å². The average Bonchev–Trinajstić information content (AvgIpc) is 0.903. The van der Waals surface area contributed by atoms with Gasteiger partial charge in [0.2, 0.25) is 45.5 Å². The van der Waals surface area contributed by atoms with Crippen LogP contribution in [0.2, 0.25) is 10.0 Å². The van der Waals surface area contributed by atoms with E-state index in [1.54, 1.807) is 114 Å². The maximum atomic E-state index is 10.7. The molecule has 16 aromatic rings. The molecule has 0 bridgehead atoms. The normalized spacial score (nSPS) is 10.0. The van der Waals surface area contributed by atoms with E-state index in [1.807, 2.05) is 237 Å². The van der Waals surface area contributed by atoms with E-state index >= 15 is 0 Å². The topological polar surface area (TPSA) is 190 Å². The Morgan fingerprint density at radius 3 is 0.726 bits per heavy atom. The van der Waals surface area contributed by atoms with Crippen LogP contribution < -0.4 is 4.74 Å². The standard InChI is InChI=1S/C15H14N2OS.3C15H14N2S.2C14H11ClN2S.C14H11N3O2S.C14H12N2S/c1-11-4-9-14(16-2)15(17-11)19-10-12-5-7-13(18-3)8-6-12;3*1-11-4-7-13(8-5-11)10-18-15-14(16-3)9-6-12(2)17-15;1-10-3-8-13(16-2)14(17-10)18-9-11-4-6-12(15)7-5-11;1-10-7-8-13(16-2)14(17-10)18-9-11-5-3-4-6-12(11)15;1-10-6-7-13(15-2)14(16-10)20-9-11-4-3-5-12(8-11)17(18)19;1-11-8-9-13(15-2)14(16-11)17-10-12-6-4-3-5-7-12/h4-9H,10H2,1,3H3;3*4-9H,10H2,1-2H3;2*3-8H,9H2,1H3;3-8H,9H2,1H3;3-9H,10H2,1H3. The maximum Gasteiger partial charge on any atom is 0.269 e. The first-order valence-corrected chi connectivity index (χ1v) is 53.6. The van der Waals surface area contributed by atoms with Crippen molar-refractivity contribution in [1.29, 1.82) is 0 Å². The molecule has 0 N–H and O–H groups in total. The molecule has 0 saturated carbocycles. The van der Waals surface area contributed by atoms with Crippen molar-refractivity contribution in [2.75, 3.05) is 7.11 Å². The Hall–Kier alpha value is -14.5. The molecule has 730 valence electrons. The fourth-order valence-corrected chi connectivity index (χ4v) is 20.4. The Kier molecular flexibility index (Phi) is 49.0. The van der Waals surface area contributed by atoms with Crippen molar-refractivity contribution in [2.24, 2.45) is 0 Å². The molecule has 0 aliphatic carbocycles. The van der Waals surface area contributed by atoms with Crippen molar-refractivity contribution in [3.05, 3.63) is 515 Å². The number of ether oxygens (including phenoxy) is 1. The van der Waals surface area contributed by atoms with Gasteiger partial charge in [0.05, 0.1) is 64.6 Å². The number of pyridine rings is 8. The minimum atomic E-state index is -0.413. The molecule has 20 nitrogen and oxygen atoms in total. The number of hydrogen-bond donors (Lipinski definition) is 0. The van der Waals surface area contributed by atoms with Crippen LogP contribution in [-0.2, 0) is 46.0 Å². The fourth-order valence-electron chi connectivity index (χ4n) is 12.2. The third-order valence-electron chi connectivity index (χ3n) is 20.1. The molecular formula is C116H101Cl2N17O3S8. The van der Waals surface area contributed by atoms with Gasteiger partial charge in [-0.15, -0.1) is 94.1 Å². The molecule has 8 heterocycles. The van der Waals surface area contributed by atoms with Gasteiger partial charge in [0, 0.05) is 114 Å². The summed E-state index contributed by atoms with van der Waals surface area (Å²) in [7, 11) is 1.66. The Balaban J connectivity index is 0.000000186. The van der Waals surface area contributed by atoms with Gasteiger partial charge in [0.15, 0.2) is 0 Å². The zero-order valence-electron chi connectivity index (χ0n) is 82.3. The molecule has 8 aromatic carbocycles. The molecule has 0 atom stereocenters. The van der Waals surface area contributed by atoms with Crippen LogP contribution in [0.1, 0.15) is 107 Å². The van der Waals surface area contributed by atoms with E-state index in [1.165, 1.54) is 67.9 Å². The molecule has 0 amide bonds. The van der Waals surface area contributed by atoms with Gasteiger partial charge in [-0.3, -0.25) is 50.0 Å². The number of aromatic nitrogens is 8. The average molecular weight is 2110 g/mol. The smallest absolute Gasteiger partial charge is 0.269 e. The van der Waals surface area contributed by atoms with E-state index in [2.05, 4.69) is 184 Å². The lowest BCUT2D eigenvalue weighted by Gasteiger charge is -2.06. The molecule has 0 unspecified atom stereocenters. The first-order valence-electron chi connectivity index (χ1n) is 45.0. The van der Waals surface area contributed by atoms with Crippen LogP contribution in [0.3, 0.4) is 0 Å². The number of hydrogen-bond acceptors (Lipinski definition) is 19. The molecule has 0 radical (unpaired) electrons. The molecule has 0 fully saturated rings. The number of nitro groups is 1. The third kappa shape index (κ3) is 40.2. The Morgan fingerprint density at radius 2 is 0.479 bits per heavy atom. The van der Waals surface area contributed by atoms with Crippen LogP contribution in [0, 0.1) is 139 Å². The summed E-state index contributed by atoms with van der Waals surface area (Å²) < 4.78 is 5.13. The molecule has 8 aromatic heterocycles. The number of aryl methyl sites for hydroxylation is 11. The van der Waals surface area contributed by atoms with Gasteiger partial charge in [0.25, 0.3) is 5.69 Å². The number of methoxy groups -OCH3 is 1. The Morgan fingerprint density at radius 1 is 0.260 bits per heavy atom. The molecule has 0 aliphatic rings. The van der Waals surface area contributed by atoms with E-state index in [4.69, 9.17) is 80.5 Å². The van der Waals surface area contributed by atoms with Crippen LogP contribution >= 0.6 is 117 Å². The second kappa shape index (κ2) is 62.2. The van der Waals surface area contributed by atoms with Crippen molar-refractivity contribution in [3.63, 3.8) is 0 Å². The highest BCUT2D eigenvalue weighted by molar-refractivity contribution is 8.00. The first kappa shape index (κ1) is 115. The predicted octanol–water partition coefficient (Wildman–Crippen LogP) is 36.0. The van der Waals surface area contributed by atoms with Crippen LogP contribution in [0.25, 0.3) is 38.8 Å². The number of rotatable bonds is 26. The van der Waals surface area contributed by atoms with Gasteiger partial charge in [-0.1, -0.05) is 295 Å². The molecule has 0 spiro atoms. The number of non-ortho nitro benzene ring substituents is 1. The van der Waals surface area contributed by atoms with Gasteiger partial charge < -0.3 is 4.74 Å². The molecule has 16 rings (SSSR count). The zero-order chi connectivity index (χ0) is 105. The number of thioether (sulfide) groups is 8. The molecule has 0 saturated heterocycles. The molecular weight excluding hydrogens is 2010 g/mol. The summed E-state index contributed by atoms with van der Waals surface area (Å²) in [5.74, 6) is 7.08. The Labute approximate surface area is 900 Å². The fraction of sp³-hybridized carbons (Fsp3) is 0.172. The number of benzene rings is 8. The third-order valence-corrected chi connectivity index (χ3v) is 29.2. The summed E-state index contributed by atoms with van der Waals surface area (Å²) in [6, 6.07) is 94.9. The minimum Gasteiger partial charge on any atom is -0.497 e. The number of halogens is 2. The SMILES string of the molecule is [C-]#[N+]c1ccc(C)nc1SCc1ccc(C)cc1.[C-]#[N+]c1ccc(C)nc1SCc1ccc(C)cc1.[C-]#[N+]c1ccc(C)nc1SCc1ccc(C)cc1.[C-]#[N+]c1ccc(C)nc1SCc1ccc(Cl)cc1.[C-]#[N+]c1ccc(C)nc1SCc1ccc(OC)cc1.[C-]#[N+]c1ccc(C)nc1SCc1cccc([N+](=O)[O-])c1.[C-]#[N+]c1ccc(C)nc1SCc1ccccc1.[C-]#[N+]c1ccc(C)nc1SCc1ccccc1Cl. The van der Waals surface area contributed by atoms with Gasteiger partial charge in [-0.05, 0) is 151 Å². The molecule has 0 aliphatic heterocycles. The van der Waals surface area contributed by atoms with Crippen LogP contribution in [0.5, 0.6) is 5.75 Å². The quantitative estimate of drug-likeness (QED) is 0.0215. The van der Waals surface area contributed by atoms with E-state index in [9.17, 15) is 10.1 Å². The highest BCUT2D eigenvalue weighted by Gasteiger charge is 2.16. The lowest BCUT2D eigenvalue weighted by molar-refractivity contribution is -0.384. The predicted molar refractivity (Wildman–Crippen MR) is 607 cm³/mol. The molecule has 30 heteroatoms. The van der Waals surface area contributed by atoms with Crippen LogP contribution in [-0.4, -0.2) is 51.9 Å². The minimum absolute atomic E-state index is 0.0747. The van der Waals surface area contributed by atoms with E-state index in [-0.39, 0.29) is 5.69 Å². The summed E-state index contributed by atoms with van der Waals surface area (Å²) >= 11 is 24.5. The highest BCUT2D eigenvalue weighted by atomic mass is 35.5. The van der Waals surface area contributed by atoms with E-state index in [0.29, 0.717) is 56.3 Å². The largest absolute Gasteiger partial charge is 0.497 e. The first-order chi connectivity index (χ1) is 70.6.